The van der Waals surface area contributed by atoms with Crippen LogP contribution in [0.3, 0.4) is 0 Å². The van der Waals surface area contributed by atoms with E-state index in [9.17, 15) is 4.79 Å². The number of hydrogen-bond donors (Lipinski definition) is 1. The van der Waals surface area contributed by atoms with Crippen molar-refractivity contribution in [3.63, 3.8) is 0 Å². The summed E-state index contributed by atoms with van der Waals surface area (Å²) < 4.78 is 1.92. The number of carbonyl (C=O) groups excluding carboxylic acids is 1. The van der Waals surface area contributed by atoms with Gasteiger partial charge in [0.15, 0.2) is 0 Å². The maximum Gasteiger partial charge on any atom is 0.274 e. The van der Waals surface area contributed by atoms with E-state index in [2.05, 4.69) is 34.4 Å². The zero-order valence-corrected chi connectivity index (χ0v) is 16.1. The second-order valence-corrected chi connectivity index (χ2v) is 7.38. The third-order valence-corrected chi connectivity index (χ3v) is 5.33. The largest absolute Gasteiger partial charge is 0.330 e. The van der Waals surface area contributed by atoms with Crippen molar-refractivity contribution in [2.75, 3.05) is 6.54 Å². The average molecular weight is 363 g/mol. The van der Waals surface area contributed by atoms with Crippen LogP contribution in [0.4, 0.5) is 0 Å². The van der Waals surface area contributed by atoms with Gasteiger partial charge in [-0.15, -0.1) is 0 Å². The number of likely N-dealkylation sites (tertiary alicyclic amines) is 1. The van der Waals surface area contributed by atoms with Gasteiger partial charge < -0.3 is 4.90 Å². The first-order valence-corrected chi connectivity index (χ1v) is 9.45. The molecule has 0 spiro atoms. The van der Waals surface area contributed by atoms with E-state index >= 15 is 0 Å². The van der Waals surface area contributed by atoms with Gasteiger partial charge in [0.25, 0.3) is 5.91 Å². The molecular formula is C21H25N5O. The number of aromatic amines is 1. The Morgan fingerprint density at radius 1 is 1.22 bits per heavy atom. The van der Waals surface area contributed by atoms with Gasteiger partial charge >= 0.3 is 0 Å². The van der Waals surface area contributed by atoms with E-state index in [0.29, 0.717) is 12.2 Å². The van der Waals surface area contributed by atoms with Crippen molar-refractivity contribution in [2.45, 2.75) is 46.2 Å². The first kappa shape index (κ1) is 17.5. The number of rotatable bonds is 4. The van der Waals surface area contributed by atoms with Crippen LogP contribution in [0.5, 0.6) is 0 Å². The number of benzene rings is 1. The van der Waals surface area contributed by atoms with E-state index in [1.54, 1.807) is 0 Å². The number of nitrogens with one attached hydrogen (secondary N) is 1. The lowest BCUT2D eigenvalue weighted by Gasteiger charge is -2.25. The smallest absolute Gasteiger partial charge is 0.274 e. The second-order valence-electron chi connectivity index (χ2n) is 7.38. The summed E-state index contributed by atoms with van der Waals surface area (Å²) in [7, 11) is 0. The molecule has 3 aromatic rings. The number of carbonyl (C=O) groups is 1. The molecule has 1 aliphatic heterocycles. The summed E-state index contributed by atoms with van der Waals surface area (Å²) in [5.41, 5.74) is 5.91. The van der Waals surface area contributed by atoms with Crippen LogP contribution in [0, 0.1) is 20.8 Å². The molecule has 1 N–H and O–H groups in total. The Balaban J connectivity index is 1.53. The number of hydrogen-bond acceptors (Lipinski definition) is 3. The summed E-state index contributed by atoms with van der Waals surface area (Å²) in [6.07, 6.45) is 2.02. The molecule has 27 heavy (non-hydrogen) atoms. The molecule has 3 heterocycles. The molecule has 6 nitrogen and oxygen atoms in total. The topological polar surface area (TPSA) is 66.8 Å². The highest BCUT2D eigenvalue weighted by molar-refractivity contribution is 5.93. The highest BCUT2D eigenvalue weighted by atomic mass is 16.2. The van der Waals surface area contributed by atoms with Crippen LogP contribution in [-0.4, -0.2) is 37.3 Å². The summed E-state index contributed by atoms with van der Waals surface area (Å²) >= 11 is 0. The zero-order chi connectivity index (χ0) is 19.0. The van der Waals surface area contributed by atoms with E-state index in [-0.39, 0.29) is 11.9 Å². The number of nitrogens with zero attached hydrogens (tertiary/aromatic N) is 4. The number of aromatic nitrogens is 4. The SMILES string of the molecule is Cc1cc(C)n(Cc2cc(C(=O)N3CCC[C@H]3c3ccccc3C)n[nH]2)n1. The summed E-state index contributed by atoms with van der Waals surface area (Å²) in [6, 6.07) is 12.4. The highest BCUT2D eigenvalue weighted by Crippen LogP contribution is 2.34. The summed E-state index contributed by atoms with van der Waals surface area (Å²) in [6.45, 7) is 7.47. The number of H-pyrrole nitrogens is 1. The first-order valence-electron chi connectivity index (χ1n) is 9.45. The van der Waals surface area contributed by atoms with Gasteiger partial charge in [0.2, 0.25) is 0 Å². The molecule has 1 aliphatic rings. The lowest BCUT2D eigenvalue weighted by Crippen LogP contribution is -2.31. The molecule has 1 atom stereocenters. The minimum atomic E-state index is -0.00313. The molecule has 1 amide bonds. The summed E-state index contributed by atoms with van der Waals surface area (Å²) in [4.78, 5) is 15.1. The van der Waals surface area contributed by atoms with Crippen molar-refractivity contribution in [1.82, 2.24) is 24.9 Å². The Labute approximate surface area is 159 Å². The van der Waals surface area contributed by atoms with Crippen LogP contribution in [0.25, 0.3) is 0 Å². The van der Waals surface area contributed by atoms with E-state index in [1.165, 1.54) is 11.1 Å². The minimum absolute atomic E-state index is 0.00313. The Bertz CT molecular complexity index is 971. The quantitative estimate of drug-likeness (QED) is 0.771. The molecule has 0 bridgehead atoms. The van der Waals surface area contributed by atoms with Crippen molar-refractivity contribution in [3.05, 3.63) is 70.3 Å². The Hall–Kier alpha value is -2.89. The molecule has 1 aromatic carbocycles. The molecule has 2 aromatic heterocycles. The predicted molar refractivity (Wildman–Crippen MR) is 104 cm³/mol. The second kappa shape index (κ2) is 7.02. The molecule has 6 heteroatoms. The van der Waals surface area contributed by atoms with E-state index in [4.69, 9.17) is 0 Å². The normalized spacial score (nSPS) is 16.9. The van der Waals surface area contributed by atoms with Gasteiger partial charge in [0.05, 0.1) is 24.0 Å². The minimum Gasteiger partial charge on any atom is -0.330 e. The van der Waals surface area contributed by atoms with Crippen LogP contribution in [0.2, 0.25) is 0 Å². The van der Waals surface area contributed by atoms with E-state index in [1.807, 2.05) is 47.7 Å². The van der Waals surface area contributed by atoms with Crippen LogP contribution in [0.15, 0.2) is 36.4 Å². The van der Waals surface area contributed by atoms with Gasteiger partial charge in [-0.05, 0) is 56.9 Å². The fraction of sp³-hybridized carbons (Fsp3) is 0.381. The molecule has 4 rings (SSSR count). The highest BCUT2D eigenvalue weighted by Gasteiger charge is 2.32. The van der Waals surface area contributed by atoms with E-state index < -0.39 is 0 Å². The maximum absolute atomic E-state index is 13.1. The molecule has 0 saturated carbocycles. The van der Waals surface area contributed by atoms with Crippen LogP contribution in [-0.2, 0) is 6.54 Å². The monoisotopic (exact) mass is 363 g/mol. The third-order valence-electron chi connectivity index (χ3n) is 5.33. The molecule has 0 radical (unpaired) electrons. The first-order chi connectivity index (χ1) is 13.0. The fourth-order valence-corrected chi connectivity index (χ4v) is 3.99. The van der Waals surface area contributed by atoms with Crippen LogP contribution < -0.4 is 0 Å². The molecule has 1 saturated heterocycles. The number of amides is 1. The third kappa shape index (κ3) is 3.39. The lowest BCUT2D eigenvalue weighted by atomic mass is 9.99. The van der Waals surface area contributed by atoms with Gasteiger partial charge in [-0.1, -0.05) is 24.3 Å². The van der Waals surface area contributed by atoms with Gasteiger partial charge in [0, 0.05) is 12.2 Å². The molecule has 1 fully saturated rings. The van der Waals surface area contributed by atoms with Gasteiger partial charge in [-0.3, -0.25) is 14.6 Å². The van der Waals surface area contributed by atoms with Gasteiger partial charge in [-0.25, -0.2) is 0 Å². The molecule has 140 valence electrons. The van der Waals surface area contributed by atoms with Crippen molar-refractivity contribution in [3.8, 4) is 0 Å². The van der Waals surface area contributed by atoms with Crippen LogP contribution in [0.1, 0.15) is 57.6 Å². The molecule has 0 aliphatic carbocycles. The Kier molecular flexibility index (Phi) is 4.56. The molecular weight excluding hydrogens is 338 g/mol. The van der Waals surface area contributed by atoms with Crippen molar-refractivity contribution < 1.29 is 4.79 Å². The van der Waals surface area contributed by atoms with Crippen molar-refractivity contribution in [1.29, 1.82) is 0 Å². The maximum atomic E-state index is 13.1. The average Bonchev–Trinajstić information content (AvgIpc) is 3.36. The Morgan fingerprint density at radius 3 is 2.78 bits per heavy atom. The lowest BCUT2D eigenvalue weighted by molar-refractivity contribution is 0.0729. The van der Waals surface area contributed by atoms with Crippen molar-refractivity contribution in [2.24, 2.45) is 0 Å². The standard InChI is InChI=1S/C21H25N5O/c1-14-7-4-5-8-18(14)20-9-6-10-25(20)21(27)19-12-17(22-23-19)13-26-16(3)11-15(2)24-26/h4-5,7-8,11-12,20H,6,9-10,13H2,1-3H3,(H,22,23)/t20-/m0/s1. The number of aryl methyl sites for hydroxylation is 3. The van der Waals surface area contributed by atoms with Gasteiger partial charge in [0.1, 0.15) is 5.69 Å². The summed E-state index contributed by atoms with van der Waals surface area (Å²) in [5.74, 6) is -0.00313. The van der Waals surface area contributed by atoms with Crippen LogP contribution >= 0.6 is 0 Å². The van der Waals surface area contributed by atoms with Gasteiger partial charge in [-0.2, -0.15) is 10.2 Å². The zero-order valence-electron chi connectivity index (χ0n) is 16.1. The van der Waals surface area contributed by atoms with E-state index in [0.717, 1.165) is 36.5 Å². The fourth-order valence-electron chi connectivity index (χ4n) is 3.99. The van der Waals surface area contributed by atoms with Crippen molar-refractivity contribution >= 4 is 5.91 Å². The predicted octanol–water partition coefficient (Wildman–Crippen LogP) is 3.56. The summed E-state index contributed by atoms with van der Waals surface area (Å²) in [5, 5.41) is 11.8. The Morgan fingerprint density at radius 2 is 2.04 bits per heavy atom. The molecule has 0 unspecified atom stereocenters.